The first-order valence-electron chi connectivity index (χ1n) is 6.41. The zero-order valence-corrected chi connectivity index (χ0v) is 12.4. The minimum Gasteiger partial charge on any atom is -0.387 e. The molecular weight excluding hydrogens is 262 g/mol. The van der Waals surface area contributed by atoms with Crippen LogP contribution in [-0.4, -0.2) is 32.4 Å². The fourth-order valence-corrected chi connectivity index (χ4v) is 2.76. The minimum absolute atomic E-state index is 0.278. The molecule has 1 aromatic carbocycles. The number of benzene rings is 1. The van der Waals surface area contributed by atoms with Crippen molar-refractivity contribution in [2.45, 2.75) is 37.3 Å². The molecule has 19 heavy (non-hydrogen) atoms. The average Bonchev–Trinajstić information content (AvgIpc) is 2.93. The standard InChI is InChI=1S/C14H21NO3S/c1-14(2)8-13(14)15-9-12(16)10-4-6-11(7-5-10)19(3,17)18/h4-7,12-13,15-16H,8-9H2,1-3H3. The van der Waals surface area contributed by atoms with Crippen LogP contribution in [0.2, 0.25) is 0 Å². The molecule has 1 saturated carbocycles. The molecule has 5 heteroatoms. The summed E-state index contributed by atoms with van der Waals surface area (Å²) in [6.45, 7) is 4.88. The van der Waals surface area contributed by atoms with Crippen LogP contribution in [0.4, 0.5) is 0 Å². The lowest BCUT2D eigenvalue weighted by molar-refractivity contribution is 0.172. The normalized spacial score (nSPS) is 23.1. The number of hydrogen-bond donors (Lipinski definition) is 2. The smallest absolute Gasteiger partial charge is 0.175 e. The van der Waals surface area contributed by atoms with Gasteiger partial charge < -0.3 is 10.4 Å². The van der Waals surface area contributed by atoms with Crippen LogP contribution in [0.5, 0.6) is 0 Å². The van der Waals surface area contributed by atoms with Gasteiger partial charge in [-0.2, -0.15) is 0 Å². The molecule has 0 spiro atoms. The van der Waals surface area contributed by atoms with E-state index < -0.39 is 15.9 Å². The molecule has 2 atom stereocenters. The third-order valence-corrected chi connectivity index (χ3v) is 4.89. The van der Waals surface area contributed by atoms with Gasteiger partial charge >= 0.3 is 0 Å². The van der Waals surface area contributed by atoms with E-state index in [-0.39, 0.29) is 4.90 Å². The molecule has 1 aromatic rings. The summed E-state index contributed by atoms with van der Waals surface area (Å²) in [6, 6.07) is 6.88. The summed E-state index contributed by atoms with van der Waals surface area (Å²) in [7, 11) is -3.17. The van der Waals surface area contributed by atoms with E-state index in [1.165, 1.54) is 18.4 Å². The van der Waals surface area contributed by atoms with Gasteiger partial charge in [0.15, 0.2) is 9.84 Å². The molecule has 1 fully saturated rings. The van der Waals surface area contributed by atoms with Crippen molar-refractivity contribution >= 4 is 9.84 Å². The second-order valence-corrected chi connectivity index (χ2v) is 8.03. The maximum absolute atomic E-state index is 11.3. The number of aliphatic hydroxyl groups is 1. The summed E-state index contributed by atoms with van der Waals surface area (Å²) >= 11 is 0. The maximum atomic E-state index is 11.3. The lowest BCUT2D eigenvalue weighted by Gasteiger charge is -2.13. The highest BCUT2D eigenvalue weighted by Gasteiger charge is 2.45. The Morgan fingerprint density at radius 1 is 1.37 bits per heavy atom. The molecule has 2 rings (SSSR count). The minimum atomic E-state index is -3.17. The Bertz CT molecular complexity index is 549. The lowest BCUT2D eigenvalue weighted by Crippen LogP contribution is -2.26. The number of hydrogen-bond acceptors (Lipinski definition) is 4. The first-order chi connectivity index (χ1) is 8.70. The largest absolute Gasteiger partial charge is 0.387 e. The highest BCUT2D eigenvalue weighted by Crippen LogP contribution is 2.44. The van der Waals surface area contributed by atoms with E-state index in [9.17, 15) is 13.5 Å². The molecule has 0 bridgehead atoms. The zero-order chi connectivity index (χ0) is 14.3. The van der Waals surface area contributed by atoms with Gasteiger partial charge in [-0.15, -0.1) is 0 Å². The highest BCUT2D eigenvalue weighted by molar-refractivity contribution is 7.90. The zero-order valence-electron chi connectivity index (χ0n) is 11.6. The van der Waals surface area contributed by atoms with E-state index in [0.29, 0.717) is 18.0 Å². The summed E-state index contributed by atoms with van der Waals surface area (Å²) in [6.07, 6.45) is 1.70. The van der Waals surface area contributed by atoms with Crippen LogP contribution in [0.1, 0.15) is 31.9 Å². The summed E-state index contributed by atoms with van der Waals surface area (Å²) in [5.41, 5.74) is 1.07. The third kappa shape index (κ3) is 3.55. The van der Waals surface area contributed by atoms with Crippen LogP contribution in [0.3, 0.4) is 0 Å². The number of sulfone groups is 1. The van der Waals surface area contributed by atoms with E-state index in [0.717, 1.165) is 12.0 Å². The van der Waals surface area contributed by atoms with Crippen molar-refractivity contribution in [1.82, 2.24) is 5.32 Å². The second kappa shape index (κ2) is 4.89. The monoisotopic (exact) mass is 283 g/mol. The van der Waals surface area contributed by atoms with Crippen LogP contribution in [0.25, 0.3) is 0 Å². The maximum Gasteiger partial charge on any atom is 0.175 e. The van der Waals surface area contributed by atoms with E-state index in [4.69, 9.17) is 0 Å². The van der Waals surface area contributed by atoms with E-state index in [2.05, 4.69) is 19.2 Å². The molecule has 2 N–H and O–H groups in total. The van der Waals surface area contributed by atoms with Gasteiger partial charge in [0.1, 0.15) is 0 Å². The molecule has 0 aromatic heterocycles. The topological polar surface area (TPSA) is 66.4 Å². The molecule has 0 heterocycles. The van der Waals surface area contributed by atoms with Gasteiger partial charge in [0.05, 0.1) is 11.0 Å². The van der Waals surface area contributed by atoms with Crippen molar-refractivity contribution in [3.8, 4) is 0 Å². The van der Waals surface area contributed by atoms with Crippen LogP contribution in [-0.2, 0) is 9.84 Å². The number of rotatable bonds is 5. The Labute approximate surface area is 114 Å². The average molecular weight is 283 g/mol. The fourth-order valence-electron chi connectivity index (χ4n) is 2.12. The van der Waals surface area contributed by atoms with Gasteiger partial charge in [-0.3, -0.25) is 0 Å². The summed E-state index contributed by atoms with van der Waals surface area (Å²) in [4.78, 5) is 0.278. The quantitative estimate of drug-likeness (QED) is 0.859. The Hall–Kier alpha value is -0.910. The molecule has 1 aliphatic rings. The SMILES string of the molecule is CC1(C)CC1NCC(O)c1ccc(S(C)(=O)=O)cc1. The van der Waals surface area contributed by atoms with Crippen molar-refractivity contribution < 1.29 is 13.5 Å². The Morgan fingerprint density at radius 3 is 2.32 bits per heavy atom. The molecule has 106 valence electrons. The summed E-state index contributed by atoms with van der Waals surface area (Å²) in [5, 5.41) is 13.4. The van der Waals surface area contributed by atoms with E-state index in [1.54, 1.807) is 12.1 Å². The molecular formula is C14H21NO3S. The number of nitrogens with one attached hydrogen (secondary N) is 1. The Kier molecular flexibility index (Phi) is 3.73. The summed E-state index contributed by atoms with van der Waals surface area (Å²) < 4.78 is 22.7. The van der Waals surface area contributed by atoms with Gasteiger partial charge in [-0.25, -0.2) is 8.42 Å². The van der Waals surface area contributed by atoms with Crippen molar-refractivity contribution in [3.05, 3.63) is 29.8 Å². The van der Waals surface area contributed by atoms with Gasteiger partial charge in [0.2, 0.25) is 0 Å². The van der Waals surface area contributed by atoms with Gasteiger partial charge in [-0.05, 0) is 29.5 Å². The molecule has 0 aliphatic heterocycles. The van der Waals surface area contributed by atoms with Crippen LogP contribution in [0, 0.1) is 5.41 Å². The van der Waals surface area contributed by atoms with Crippen molar-refractivity contribution in [2.24, 2.45) is 5.41 Å². The van der Waals surface area contributed by atoms with Crippen molar-refractivity contribution in [2.75, 3.05) is 12.8 Å². The Morgan fingerprint density at radius 2 is 1.89 bits per heavy atom. The molecule has 0 radical (unpaired) electrons. The highest BCUT2D eigenvalue weighted by atomic mass is 32.2. The van der Waals surface area contributed by atoms with Gasteiger partial charge in [-0.1, -0.05) is 26.0 Å². The molecule has 4 nitrogen and oxygen atoms in total. The summed E-state index contributed by atoms with van der Waals surface area (Å²) in [5.74, 6) is 0. The molecule has 0 saturated heterocycles. The van der Waals surface area contributed by atoms with Gasteiger partial charge in [0, 0.05) is 18.8 Å². The van der Waals surface area contributed by atoms with Crippen LogP contribution < -0.4 is 5.32 Å². The Balaban J connectivity index is 1.94. The molecule has 2 unspecified atom stereocenters. The van der Waals surface area contributed by atoms with Gasteiger partial charge in [0.25, 0.3) is 0 Å². The second-order valence-electron chi connectivity index (χ2n) is 6.01. The first-order valence-corrected chi connectivity index (χ1v) is 8.31. The lowest BCUT2D eigenvalue weighted by atomic mass is 10.1. The van der Waals surface area contributed by atoms with E-state index in [1.807, 2.05) is 0 Å². The molecule has 1 aliphatic carbocycles. The third-order valence-electron chi connectivity index (χ3n) is 3.76. The van der Waals surface area contributed by atoms with Crippen molar-refractivity contribution in [3.63, 3.8) is 0 Å². The molecule has 0 amide bonds. The number of aliphatic hydroxyl groups excluding tert-OH is 1. The predicted molar refractivity (Wildman–Crippen MR) is 74.7 cm³/mol. The fraction of sp³-hybridized carbons (Fsp3) is 0.571. The van der Waals surface area contributed by atoms with Crippen LogP contribution in [0.15, 0.2) is 29.2 Å². The van der Waals surface area contributed by atoms with Crippen LogP contribution >= 0.6 is 0 Å². The van der Waals surface area contributed by atoms with E-state index >= 15 is 0 Å². The first kappa shape index (κ1) is 14.5. The predicted octanol–water partition coefficient (Wildman–Crippen LogP) is 1.51. The van der Waals surface area contributed by atoms with Crippen molar-refractivity contribution in [1.29, 1.82) is 0 Å².